The van der Waals surface area contributed by atoms with Gasteiger partial charge >= 0.3 is 5.97 Å². The molecule has 22 heavy (non-hydrogen) atoms. The molecule has 1 aromatic rings. The first-order valence-electron chi connectivity index (χ1n) is 7.36. The van der Waals surface area contributed by atoms with Gasteiger partial charge in [-0.15, -0.1) is 0 Å². The lowest BCUT2D eigenvalue weighted by Gasteiger charge is -2.14. The molecule has 0 bridgehead atoms. The van der Waals surface area contributed by atoms with Crippen molar-refractivity contribution in [3.63, 3.8) is 0 Å². The third kappa shape index (κ3) is 6.55. The fourth-order valence-electron chi connectivity index (χ4n) is 1.86. The lowest BCUT2D eigenvalue weighted by molar-refractivity contribution is -0.143. The van der Waals surface area contributed by atoms with E-state index in [1.54, 1.807) is 12.1 Å². The zero-order valence-electron chi connectivity index (χ0n) is 13.0. The summed E-state index contributed by atoms with van der Waals surface area (Å²) in [6.45, 7) is 4.95. The largest absolute Gasteiger partial charge is 0.466 e. The quantitative estimate of drug-likeness (QED) is 0.531. The number of hydrogen-bond donors (Lipinski definition) is 2. The summed E-state index contributed by atoms with van der Waals surface area (Å²) >= 11 is 0. The standard InChI is InChI=1S/C15H24N2O4S/c1-3-4-11-21-15(18)9-10-17-12(2)13-5-7-14(8-6-13)22(16,19)20/h5-8,12,17H,3-4,9-11H2,1-2H3,(H2,16,19,20)/t12-/m1/s1. The molecule has 0 aliphatic heterocycles. The number of primary sulfonamides is 1. The smallest absolute Gasteiger partial charge is 0.307 e. The van der Waals surface area contributed by atoms with Gasteiger partial charge in [0.05, 0.1) is 17.9 Å². The van der Waals surface area contributed by atoms with Crippen LogP contribution in [0.2, 0.25) is 0 Å². The molecule has 1 atom stereocenters. The van der Waals surface area contributed by atoms with Crippen molar-refractivity contribution in [3.8, 4) is 0 Å². The van der Waals surface area contributed by atoms with Crippen LogP contribution in [0.15, 0.2) is 29.2 Å². The maximum atomic E-state index is 11.4. The number of benzene rings is 1. The molecule has 0 amide bonds. The number of unbranched alkanes of at least 4 members (excludes halogenated alkanes) is 1. The summed E-state index contributed by atoms with van der Waals surface area (Å²) in [6.07, 6.45) is 2.19. The van der Waals surface area contributed by atoms with Gasteiger partial charge in [-0.25, -0.2) is 13.6 Å². The van der Waals surface area contributed by atoms with E-state index in [0.717, 1.165) is 18.4 Å². The fourth-order valence-corrected chi connectivity index (χ4v) is 2.37. The van der Waals surface area contributed by atoms with Crippen LogP contribution in [-0.4, -0.2) is 27.5 Å². The highest BCUT2D eigenvalue weighted by molar-refractivity contribution is 7.89. The zero-order chi connectivity index (χ0) is 16.6. The first kappa shape index (κ1) is 18.6. The topological polar surface area (TPSA) is 98.5 Å². The van der Waals surface area contributed by atoms with Crippen molar-refractivity contribution >= 4 is 16.0 Å². The van der Waals surface area contributed by atoms with Crippen LogP contribution in [0.5, 0.6) is 0 Å². The average Bonchev–Trinajstić information content (AvgIpc) is 2.46. The van der Waals surface area contributed by atoms with Crippen molar-refractivity contribution in [2.75, 3.05) is 13.2 Å². The molecule has 0 spiro atoms. The van der Waals surface area contributed by atoms with Crippen LogP contribution in [0.1, 0.15) is 44.7 Å². The van der Waals surface area contributed by atoms with E-state index in [9.17, 15) is 13.2 Å². The molecule has 0 aliphatic carbocycles. The van der Waals surface area contributed by atoms with Gasteiger partial charge in [-0.05, 0) is 31.0 Å². The van der Waals surface area contributed by atoms with E-state index in [2.05, 4.69) is 5.32 Å². The van der Waals surface area contributed by atoms with Crippen molar-refractivity contribution < 1.29 is 17.9 Å². The summed E-state index contributed by atoms with van der Waals surface area (Å²) in [5, 5.41) is 8.25. The second-order valence-corrected chi connectivity index (χ2v) is 6.68. The van der Waals surface area contributed by atoms with Crippen molar-refractivity contribution in [2.45, 2.75) is 44.0 Å². The van der Waals surface area contributed by atoms with E-state index < -0.39 is 10.0 Å². The second-order valence-electron chi connectivity index (χ2n) is 5.11. The summed E-state index contributed by atoms with van der Waals surface area (Å²) in [6, 6.07) is 6.36. The molecule has 0 unspecified atom stereocenters. The summed E-state index contributed by atoms with van der Waals surface area (Å²) < 4.78 is 27.4. The molecule has 0 radical (unpaired) electrons. The number of nitrogens with two attached hydrogens (primary N) is 1. The minimum Gasteiger partial charge on any atom is -0.466 e. The Labute approximate surface area is 132 Å². The molecule has 0 aliphatic rings. The Morgan fingerprint density at radius 1 is 1.32 bits per heavy atom. The number of rotatable bonds is 9. The van der Waals surface area contributed by atoms with E-state index in [-0.39, 0.29) is 16.9 Å². The summed E-state index contributed by atoms with van der Waals surface area (Å²) in [5.74, 6) is -0.210. The highest BCUT2D eigenvalue weighted by Crippen LogP contribution is 2.15. The van der Waals surface area contributed by atoms with E-state index in [1.165, 1.54) is 12.1 Å². The monoisotopic (exact) mass is 328 g/mol. The Balaban J connectivity index is 2.39. The predicted molar refractivity (Wildman–Crippen MR) is 84.7 cm³/mol. The Hall–Kier alpha value is -1.44. The molecular formula is C15H24N2O4S. The van der Waals surface area contributed by atoms with Gasteiger partial charge in [0.25, 0.3) is 0 Å². The van der Waals surface area contributed by atoms with E-state index in [4.69, 9.17) is 9.88 Å². The van der Waals surface area contributed by atoms with Crippen LogP contribution < -0.4 is 10.5 Å². The maximum absolute atomic E-state index is 11.4. The third-order valence-corrected chi connectivity index (χ3v) is 4.18. The molecular weight excluding hydrogens is 304 g/mol. The number of carbonyl (C=O) groups is 1. The molecule has 0 saturated heterocycles. The lowest BCUT2D eigenvalue weighted by atomic mass is 10.1. The SMILES string of the molecule is CCCCOC(=O)CCN[C@H](C)c1ccc(S(N)(=O)=O)cc1. The van der Waals surface area contributed by atoms with E-state index >= 15 is 0 Å². The number of esters is 1. The lowest BCUT2D eigenvalue weighted by Crippen LogP contribution is -2.23. The predicted octanol–water partition coefficient (Wildman–Crippen LogP) is 1.72. The van der Waals surface area contributed by atoms with Gasteiger partial charge in [0.1, 0.15) is 0 Å². The number of nitrogens with one attached hydrogen (secondary N) is 1. The van der Waals surface area contributed by atoms with Gasteiger partial charge in [0.15, 0.2) is 0 Å². The number of carbonyl (C=O) groups excluding carboxylic acids is 1. The Kier molecular flexibility index (Phi) is 7.50. The van der Waals surface area contributed by atoms with Crippen molar-refractivity contribution in [2.24, 2.45) is 5.14 Å². The fraction of sp³-hybridized carbons (Fsp3) is 0.533. The maximum Gasteiger partial charge on any atom is 0.307 e. The van der Waals surface area contributed by atoms with Gasteiger partial charge in [-0.2, -0.15) is 0 Å². The van der Waals surface area contributed by atoms with Crippen molar-refractivity contribution in [3.05, 3.63) is 29.8 Å². The number of hydrogen-bond acceptors (Lipinski definition) is 5. The number of sulfonamides is 1. The van der Waals surface area contributed by atoms with Crippen molar-refractivity contribution in [1.29, 1.82) is 0 Å². The highest BCUT2D eigenvalue weighted by Gasteiger charge is 2.10. The molecule has 3 N–H and O–H groups in total. The molecule has 7 heteroatoms. The van der Waals surface area contributed by atoms with Crippen LogP contribution in [0.25, 0.3) is 0 Å². The molecule has 0 saturated carbocycles. The van der Waals surface area contributed by atoms with Gasteiger partial charge in [0, 0.05) is 12.6 Å². The molecule has 1 rings (SSSR count). The molecule has 0 fully saturated rings. The van der Waals surface area contributed by atoms with E-state index in [0.29, 0.717) is 19.6 Å². The van der Waals surface area contributed by atoms with Gasteiger partial charge in [-0.3, -0.25) is 4.79 Å². The van der Waals surface area contributed by atoms with Crippen LogP contribution in [0.4, 0.5) is 0 Å². The van der Waals surface area contributed by atoms with Crippen LogP contribution in [-0.2, 0) is 19.6 Å². The van der Waals surface area contributed by atoms with Crippen LogP contribution in [0.3, 0.4) is 0 Å². The summed E-state index contributed by atoms with van der Waals surface area (Å²) in [7, 11) is -3.67. The van der Waals surface area contributed by atoms with Crippen LogP contribution >= 0.6 is 0 Å². The van der Waals surface area contributed by atoms with Gasteiger partial charge < -0.3 is 10.1 Å². The molecule has 124 valence electrons. The Morgan fingerprint density at radius 3 is 2.50 bits per heavy atom. The Morgan fingerprint density at radius 2 is 1.95 bits per heavy atom. The van der Waals surface area contributed by atoms with Crippen LogP contribution in [0, 0.1) is 0 Å². The zero-order valence-corrected chi connectivity index (χ0v) is 13.9. The minimum atomic E-state index is -3.67. The first-order valence-corrected chi connectivity index (χ1v) is 8.91. The van der Waals surface area contributed by atoms with Crippen molar-refractivity contribution in [1.82, 2.24) is 5.32 Å². The molecule has 0 heterocycles. The van der Waals surface area contributed by atoms with E-state index in [1.807, 2.05) is 13.8 Å². The third-order valence-electron chi connectivity index (χ3n) is 3.25. The summed E-state index contributed by atoms with van der Waals surface area (Å²) in [5.41, 5.74) is 0.923. The average molecular weight is 328 g/mol. The molecule has 1 aromatic carbocycles. The minimum absolute atomic E-state index is 0.00188. The number of ether oxygens (including phenoxy) is 1. The second kappa shape index (κ2) is 8.87. The normalized spacial score (nSPS) is 12.9. The molecule has 0 aromatic heterocycles. The Bertz CT molecular complexity index is 570. The summed E-state index contributed by atoms with van der Waals surface area (Å²) in [4.78, 5) is 11.5. The first-order chi connectivity index (χ1) is 10.3. The van der Waals surface area contributed by atoms with Gasteiger partial charge in [0.2, 0.25) is 10.0 Å². The highest BCUT2D eigenvalue weighted by atomic mass is 32.2. The molecule has 6 nitrogen and oxygen atoms in total. The van der Waals surface area contributed by atoms with Gasteiger partial charge in [-0.1, -0.05) is 25.5 Å².